The van der Waals surface area contributed by atoms with Gasteiger partial charge in [0, 0.05) is 31.6 Å². The topological polar surface area (TPSA) is 171 Å². The van der Waals surface area contributed by atoms with Crippen LogP contribution in [0.3, 0.4) is 0 Å². The zero-order valence-corrected chi connectivity index (χ0v) is 19.0. The third-order valence-corrected chi connectivity index (χ3v) is 6.94. The Labute approximate surface area is 202 Å². The van der Waals surface area contributed by atoms with Crippen LogP contribution >= 0.6 is 0 Å². The number of benzene rings is 2. The molecule has 2 aromatic carbocycles. The third kappa shape index (κ3) is 4.06. The lowest BCUT2D eigenvalue weighted by Crippen LogP contribution is -2.55. The zero-order chi connectivity index (χ0) is 25.3. The van der Waals surface area contributed by atoms with Gasteiger partial charge in [0.15, 0.2) is 5.54 Å². The van der Waals surface area contributed by atoms with Crippen molar-refractivity contribution in [2.75, 3.05) is 19.6 Å². The van der Waals surface area contributed by atoms with Gasteiger partial charge >= 0.3 is 5.97 Å². The molecule has 3 amide bonds. The number of imide groups is 1. The summed E-state index contributed by atoms with van der Waals surface area (Å²) < 4.78 is 0. The third-order valence-electron chi connectivity index (χ3n) is 6.94. The summed E-state index contributed by atoms with van der Waals surface area (Å²) in [4.78, 5) is 54.1. The Morgan fingerprint density at radius 2 is 1.66 bits per heavy atom. The van der Waals surface area contributed by atoms with Gasteiger partial charge in [-0.3, -0.25) is 29.6 Å². The molecule has 3 unspecified atom stereocenters. The monoisotopic (exact) mass is 477 g/mol. The van der Waals surface area contributed by atoms with Crippen molar-refractivity contribution in [3.63, 3.8) is 0 Å². The number of primary amides is 1. The van der Waals surface area contributed by atoms with Crippen LogP contribution in [0.1, 0.15) is 23.1 Å². The number of carbonyl (C=O) groups excluding carboxylic acids is 3. The lowest BCUT2D eigenvalue weighted by atomic mass is 9.75. The maximum Gasteiger partial charge on any atom is 0.329 e. The van der Waals surface area contributed by atoms with Gasteiger partial charge in [0.1, 0.15) is 5.84 Å². The highest BCUT2D eigenvalue weighted by Gasteiger charge is 2.68. The first kappa shape index (κ1) is 24.1. The van der Waals surface area contributed by atoms with Gasteiger partial charge in [-0.1, -0.05) is 54.6 Å². The highest BCUT2D eigenvalue weighted by atomic mass is 16.4. The minimum absolute atomic E-state index is 0.00508. The lowest BCUT2D eigenvalue weighted by Gasteiger charge is -2.38. The number of rotatable bonds is 9. The predicted octanol–water partition coefficient (Wildman–Crippen LogP) is 0.285. The van der Waals surface area contributed by atoms with Crippen molar-refractivity contribution < 1.29 is 24.3 Å². The fraction of sp³-hybridized carbons (Fsp3) is 0.320. The van der Waals surface area contributed by atoms with E-state index in [-0.39, 0.29) is 37.5 Å². The summed E-state index contributed by atoms with van der Waals surface area (Å²) in [5, 5.41) is 18.2. The largest absolute Gasteiger partial charge is 0.480 e. The molecule has 35 heavy (non-hydrogen) atoms. The maximum atomic E-state index is 13.6. The van der Waals surface area contributed by atoms with Gasteiger partial charge in [-0.05, 0) is 17.5 Å². The number of nitrogen functional groups attached to an aromatic ring is 1. The van der Waals surface area contributed by atoms with Crippen LogP contribution in [0.5, 0.6) is 0 Å². The molecule has 10 heteroatoms. The minimum atomic E-state index is -1.87. The summed E-state index contributed by atoms with van der Waals surface area (Å²) in [6, 6.07) is 15.4. The molecule has 4 rings (SSSR count). The number of nitrogens with zero attached hydrogens (tertiary/aromatic N) is 2. The molecule has 2 fully saturated rings. The minimum Gasteiger partial charge on any atom is -0.480 e. The van der Waals surface area contributed by atoms with Gasteiger partial charge in [-0.15, -0.1) is 0 Å². The number of carboxylic acids is 1. The molecular formula is C25H27N5O5. The Morgan fingerprint density at radius 1 is 1.00 bits per heavy atom. The van der Waals surface area contributed by atoms with Crippen LogP contribution in [-0.2, 0) is 31.1 Å². The molecule has 182 valence electrons. The molecule has 0 spiro atoms. The van der Waals surface area contributed by atoms with E-state index in [0.717, 1.165) is 10.5 Å². The van der Waals surface area contributed by atoms with E-state index in [9.17, 15) is 24.3 Å². The van der Waals surface area contributed by atoms with Crippen LogP contribution in [0, 0.1) is 17.2 Å². The van der Waals surface area contributed by atoms with E-state index in [2.05, 4.69) is 0 Å². The molecule has 0 aliphatic carbocycles. The Morgan fingerprint density at radius 3 is 2.23 bits per heavy atom. The van der Waals surface area contributed by atoms with Crippen molar-refractivity contribution >= 4 is 29.5 Å². The SMILES string of the molecule is N=C(N)c1ccc(C2(C(=O)O)C3C(=O)N(CCc4ccccc4)C(=O)C3CN2CCC(N)=O)cc1. The number of nitrogens with two attached hydrogens (primary N) is 2. The van der Waals surface area contributed by atoms with Crippen molar-refractivity contribution in [1.29, 1.82) is 5.41 Å². The summed E-state index contributed by atoms with van der Waals surface area (Å²) >= 11 is 0. The van der Waals surface area contributed by atoms with Crippen LogP contribution in [0.4, 0.5) is 0 Å². The average molecular weight is 478 g/mol. The van der Waals surface area contributed by atoms with Crippen LogP contribution in [0.2, 0.25) is 0 Å². The van der Waals surface area contributed by atoms with Crippen molar-refractivity contribution in [2.24, 2.45) is 23.3 Å². The van der Waals surface area contributed by atoms with Crippen LogP contribution in [-0.4, -0.2) is 64.1 Å². The fourth-order valence-corrected chi connectivity index (χ4v) is 5.30. The highest BCUT2D eigenvalue weighted by Crippen LogP contribution is 2.51. The smallest absolute Gasteiger partial charge is 0.329 e. The molecule has 3 atom stereocenters. The van der Waals surface area contributed by atoms with Crippen LogP contribution in [0.25, 0.3) is 0 Å². The van der Waals surface area contributed by atoms with Gasteiger partial charge in [0.25, 0.3) is 0 Å². The number of fused-ring (bicyclic) bond motifs is 1. The van der Waals surface area contributed by atoms with E-state index < -0.39 is 41.1 Å². The van der Waals surface area contributed by atoms with Gasteiger partial charge in [-0.25, -0.2) is 4.79 Å². The Hall–Kier alpha value is -4.05. The molecule has 0 bridgehead atoms. The van der Waals surface area contributed by atoms with Gasteiger partial charge in [0.05, 0.1) is 11.8 Å². The molecule has 6 N–H and O–H groups in total. The highest BCUT2D eigenvalue weighted by molar-refractivity contribution is 6.09. The van der Waals surface area contributed by atoms with Crippen molar-refractivity contribution in [3.05, 3.63) is 71.3 Å². The van der Waals surface area contributed by atoms with Gasteiger partial charge in [0.2, 0.25) is 17.7 Å². The van der Waals surface area contributed by atoms with E-state index in [0.29, 0.717) is 12.0 Å². The van der Waals surface area contributed by atoms with E-state index in [1.54, 1.807) is 0 Å². The molecule has 10 nitrogen and oxygen atoms in total. The molecule has 2 aliphatic rings. The predicted molar refractivity (Wildman–Crippen MR) is 126 cm³/mol. The summed E-state index contributed by atoms with van der Waals surface area (Å²) in [5.74, 6) is -5.09. The molecule has 2 heterocycles. The second kappa shape index (κ2) is 9.30. The Bertz CT molecular complexity index is 1180. The number of carbonyl (C=O) groups is 4. The van der Waals surface area contributed by atoms with E-state index in [1.807, 2.05) is 30.3 Å². The Balaban J connectivity index is 1.74. The van der Waals surface area contributed by atoms with Gasteiger partial charge in [-0.2, -0.15) is 0 Å². The number of amides is 3. The van der Waals surface area contributed by atoms with E-state index in [1.165, 1.54) is 29.2 Å². The number of aliphatic carboxylic acids is 1. The summed E-state index contributed by atoms with van der Waals surface area (Å²) in [6.07, 6.45) is 0.330. The van der Waals surface area contributed by atoms with Crippen molar-refractivity contribution in [3.8, 4) is 0 Å². The fourth-order valence-electron chi connectivity index (χ4n) is 5.30. The number of likely N-dealkylation sites (tertiary alicyclic amines) is 2. The first-order valence-corrected chi connectivity index (χ1v) is 11.3. The molecule has 0 radical (unpaired) electrons. The molecule has 2 aromatic rings. The number of hydrogen-bond acceptors (Lipinski definition) is 6. The summed E-state index contributed by atoms with van der Waals surface area (Å²) in [5.41, 5.74) is 10.6. The van der Waals surface area contributed by atoms with Gasteiger partial charge < -0.3 is 16.6 Å². The second-order valence-electron chi connectivity index (χ2n) is 8.87. The second-order valence-corrected chi connectivity index (χ2v) is 8.87. The molecule has 2 saturated heterocycles. The first-order valence-electron chi connectivity index (χ1n) is 11.3. The standard InChI is InChI=1S/C25H27N5O5/c26-19(31)11-12-29-14-18-20(23(33)30(22(18)32)13-10-15-4-2-1-3-5-15)25(29,24(34)35)17-8-6-16(7-9-17)21(27)28/h1-9,18,20H,10-14H2,(H2,26,31)(H3,27,28)(H,34,35). The normalized spacial score (nSPS) is 23.9. The number of nitrogens with one attached hydrogen (secondary N) is 1. The zero-order valence-electron chi connectivity index (χ0n) is 19.0. The van der Waals surface area contributed by atoms with Crippen molar-refractivity contribution in [2.45, 2.75) is 18.4 Å². The quantitative estimate of drug-likeness (QED) is 0.228. The van der Waals surface area contributed by atoms with E-state index >= 15 is 0 Å². The number of amidine groups is 1. The summed E-state index contributed by atoms with van der Waals surface area (Å²) in [7, 11) is 0. The molecule has 0 saturated carbocycles. The first-order chi connectivity index (χ1) is 16.7. The average Bonchev–Trinajstić information content (AvgIpc) is 3.30. The maximum absolute atomic E-state index is 13.6. The van der Waals surface area contributed by atoms with Crippen LogP contribution < -0.4 is 11.5 Å². The molecule has 0 aromatic heterocycles. The summed E-state index contributed by atoms with van der Waals surface area (Å²) in [6.45, 7) is 0.133. The van der Waals surface area contributed by atoms with Crippen molar-refractivity contribution in [1.82, 2.24) is 9.80 Å². The van der Waals surface area contributed by atoms with E-state index in [4.69, 9.17) is 16.9 Å². The number of carboxylic acid groups (broad SMARTS) is 1. The number of hydrogen-bond donors (Lipinski definition) is 4. The Kier molecular flexibility index (Phi) is 6.40. The molecule has 2 aliphatic heterocycles. The lowest BCUT2D eigenvalue weighted by molar-refractivity contribution is -0.158. The molecular weight excluding hydrogens is 450 g/mol. The van der Waals surface area contributed by atoms with Crippen LogP contribution in [0.15, 0.2) is 54.6 Å².